The minimum absolute atomic E-state index is 0.0229. The summed E-state index contributed by atoms with van der Waals surface area (Å²) < 4.78 is 27.1. The number of hydrogen-bond donors (Lipinski definition) is 2. The van der Waals surface area contributed by atoms with Gasteiger partial charge in [-0.05, 0) is 42.8 Å². The second kappa shape index (κ2) is 6.64. The second-order valence-corrected chi connectivity index (χ2v) is 7.39. The minimum Gasteiger partial charge on any atom is -0.502 e. The molecular formula is C16H15N3O6S. The first-order valence-electron chi connectivity index (χ1n) is 7.68. The van der Waals surface area contributed by atoms with Gasteiger partial charge in [-0.1, -0.05) is 0 Å². The molecule has 1 aliphatic rings. The van der Waals surface area contributed by atoms with E-state index in [1.807, 2.05) is 0 Å². The predicted octanol–water partition coefficient (Wildman–Crippen LogP) is 2.23. The van der Waals surface area contributed by atoms with Crippen LogP contribution in [-0.2, 0) is 14.8 Å². The highest BCUT2D eigenvalue weighted by Crippen LogP contribution is 2.29. The molecule has 1 aliphatic heterocycles. The lowest BCUT2D eigenvalue weighted by Crippen LogP contribution is -2.23. The summed E-state index contributed by atoms with van der Waals surface area (Å²) in [5.74, 6) is -0.594. The number of nitro groups is 1. The standard InChI is InChI=1S/C16H15N3O6S/c20-15-8-7-13(10-14(15)19(22)23)26(24,25)17-11-3-5-12(6-4-11)18-9-1-2-16(18)21/h3-8,10,17,20H,1-2,9H2. The number of benzene rings is 2. The van der Waals surface area contributed by atoms with E-state index in [-0.39, 0.29) is 16.5 Å². The van der Waals surface area contributed by atoms with Crippen LogP contribution in [-0.4, -0.2) is 30.9 Å². The molecule has 2 N–H and O–H groups in total. The van der Waals surface area contributed by atoms with Gasteiger partial charge >= 0.3 is 5.69 Å². The molecule has 2 aromatic carbocycles. The number of sulfonamides is 1. The summed E-state index contributed by atoms with van der Waals surface area (Å²) in [4.78, 5) is 23.0. The summed E-state index contributed by atoms with van der Waals surface area (Å²) in [5, 5.41) is 20.3. The van der Waals surface area contributed by atoms with Crippen LogP contribution in [0.2, 0.25) is 0 Å². The van der Waals surface area contributed by atoms with Crippen LogP contribution in [0, 0.1) is 10.1 Å². The lowest BCUT2D eigenvalue weighted by Gasteiger charge is -2.16. The van der Waals surface area contributed by atoms with Crippen molar-refractivity contribution in [1.29, 1.82) is 0 Å². The predicted molar refractivity (Wildman–Crippen MR) is 93.6 cm³/mol. The molecule has 0 bridgehead atoms. The lowest BCUT2D eigenvalue weighted by atomic mass is 10.2. The third-order valence-corrected chi connectivity index (χ3v) is 5.34. The first-order chi connectivity index (χ1) is 12.3. The quantitative estimate of drug-likeness (QED) is 0.607. The monoisotopic (exact) mass is 377 g/mol. The number of nitro benzene ring substituents is 1. The van der Waals surface area contributed by atoms with Crippen LogP contribution < -0.4 is 9.62 Å². The third-order valence-electron chi connectivity index (χ3n) is 3.96. The maximum Gasteiger partial charge on any atom is 0.312 e. The fourth-order valence-electron chi connectivity index (χ4n) is 2.66. The van der Waals surface area contributed by atoms with Gasteiger partial charge in [0.15, 0.2) is 5.75 Å². The van der Waals surface area contributed by atoms with Crippen molar-refractivity contribution in [2.24, 2.45) is 0 Å². The molecule has 1 amide bonds. The molecule has 0 spiro atoms. The lowest BCUT2D eigenvalue weighted by molar-refractivity contribution is -0.386. The molecule has 9 nitrogen and oxygen atoms in total. The van der Waals surface area contributed by atoms with Crippen molar-refractivity contribution in [3.63, 3.8) is 0 Å². The van der Waals surface area contributed by atoms with Crippen LogP contribution in [0.25, 0.3) is 0 Å². The normalized spacial score (nSPS) is 14.5. The number of hydrogen-bond acceptors (Lipinski definition) is 6. The number of amides is 1. The number of nitrogens with zero attached hydrogens (tertiary/aromatic N) is 2. The van der Waals surface area contributed by atoms with Crippen LogP contribution in [0.3, 0.4) is 0 Å². The summed E-state index contributed by atoms with van der Waals surface area (Å²) in [6, 6.07) is 9.08. The summed E-state index contributed by atoms with van der Waals surface area (Å²) in [7, 11) is -4.07. The van der Waals surface area contributed by atoms with E-state index in [9.17, 15) is 28.4 Å². The van der Waals surface area contributed by atoms with Gasteiger partial charge in [0.25, 0.3) is 10.0 Å². The zero-order chi connectivity index (χ0) is 18.9. The van der Waals surface area contributed by atoms with Gasteiger partial charge in [-0.2, -0.15) is 0 Å². The largest absolute Gasteiger partial charge is 0.502 e. The molecule has 1 saturated heterocycles. The van der Waals surface area contributed by atoms with E-state index in [4.69, 9.17) is 0 Å². The van der Waals surface area contributed by atoms with Crippen molar-refractivity contribution in [2.45, 2.75) is 17.7 Å². The molecule has 1 heterocycles. The van der Waals surface area contributed by atoms with Gasteiger partial charge in [0.05, 0.1) is 9.82 Å². The highest BCUT2D eigenvalue weighted by Gasteiger charge is 2.23. The zero-order valence-electron chi connectivity index (χ0n) is 13.5. The number of phenols is 1. The number of rotatable bonds is 5. The Balaban J connectivity index is 1.82. The fourth-order valence-corrected chi connectivity index (χ4v) is 3.74. The molecule has 3 rings (SSSR count). The van der Waals surface area contributed by atoms with Crippen LogP contribution in [0.1, 0.15) is 12.8 Å². The Labute approximate surface area is 149 Å². The minimum atomic E-state index is -4.07. The molecular weight excluding hydrogens is 362 g/mol. The Morgan fingerprint density at radius 2 is 1.85 bits per heavy atom. The Morgan fingerprint density at radius 1 is 1.15 bits per heavy atom. The maximum absolute atomic E-state index is 12.4. The van der Waals surface area contributed by atoms with Gasteiger partial charge < -0.3 is 10.0 Å². The molecule has 10 heteroatoms. The Hall–Kier alpha value is -3.14. The summed E-state index contributed by atoms with van der Waals surface area (Å²) >= 11 is 0. The number of anilines is 2. The van der Waals surface area contributed by atoms with Crippen LogP contribution >= 0.6 is 0 Å². The number of nitrogens with one attached hydrogen (secondary N) is 1. The average molecular weight is 377 g/mol. The van der Waals surface area contributed by atoms with Gasteiger partial charge in [0.2, 0.25) is 5.91 Å². The molecule has 26 heavy (non-hydrogen) atoms. The SMILES string of the molecule is O=C1CCCN1c1ccc(NS(=O)(=O)c2ccc(O)c([N+](=O)[O-])c2)cc1. The molecule has 2 aromatic rings. The summed E-state index contributed by atoms with van der Waals surface area (Å²) in [6.07, 6.45) is 1.28. The average Bonchev–Trinajstić information content (AvgIpc) is 3.01. The second-order valence-electron chi connectivity index (χ2n) is 5.71. The van der Waals surface area contributed by atoms with E-state index in [2.05, 4.69) is 4.72 Å². The molecule has 1 fully saturated rings. The first-order valence-corrected chi connectivity index (χ1v) is 9.17. The topological polar surface area (TPSA) is 130 Å². The van der Waals surface area contributed by atoms with Crippen molar-refractivity contribution in [3.05, 3.63) is 52.6 Å². The molecule has 0 radical (unpaired) electrons. The first kappa shape index (κ1) is 17.7. The number of carbonyl (C=O) groups excluding carboxylic acids is 1. The van der Waals surface area contributed by atoms with Crippen molar-refractivity contribution in [1.82, 2.24) is 0 Å². The molecule has 0 aromatic heterocycles. The Kier molecular flexibility index (Phi) is 4.51. The third kappa shape index (κ3) is 3.45. The number of aromatic hydroxyl groups is 1. The fraction of sp³-hybridized carbons (Fsp3) is 0.188. The molecule has 0 unspecified atom stereocenters. The molecule has 136 valence electrons. The molecule has 0 atom stereocenters. The van der Waals surface area contributed by atoms with E-state index in [0.29, 0.717) is 18.7 Å². The van der Waals surface area contributed by atoms with E-state index in [1.54, 1.807) is 17.0 Å². The Bertz CT molecular complexity index is 972. The van der Waals surface area contributed by atoms with Gasteiger partial charge in [0, 0.05) is 30.4 Å². The van der Waals surface area contributed by atoms with Crippen LogP contribution in [0.4, 0.5) is 17.1 Å². The van der Waals surface area contributed by atoms with Crippen molar-refractivity contribution in [2.75, 3.05) is 16.2 Å². The highest BCUT2D eigenvalue weighted by molar-refractivity contribution is 7.92. The van der Waals surface area contributed by atoms with E-state index in [0.717, 1.165) is 24.6 Å². The van der Waals surface area contributed by atoms with E-state index in [1.165, 1.54) is 12.1 Å². The molecule has 0 aliphatic carbocycles. The number of phenolic OH excluding ortho intramolecular Hbond substituents is 1. The smallest absolute Gasteiger partial charge is 0.312 e. The van der Waals surface area contributed by atoms with Crippen LogP contribution in [0.5, 0.6) is 5.75 Å². The van der Waals surface area contributed by atoms with Crippen molar-refractivity contribution in [3.8, 4) is 5.75 Å². The van der Waals surface area contributed by atoms with Gasteiger partial charge in [-0.15, -0.1) is 0 Å². The van der Waals surface area contributed by atoms with Gasteiger partial charge in [0.1, 0.15) is 0 Å². The zero-order valence-corrected chi connectivity index (χ0v) is 14.3. The molecule has 0 saturated carbocycles. The van der Waals surface area contributed by atoms with Crippen molar-refractivity contribution < 1.29 is 23.2 Å². The Morgan fingerprint density at radius 3 is 2.42 bits per heavy atom. The summed E-state index contributed by atoms with van der Waals surface area (Å²) in [6.45, 7) is 0.626. The van der Waals surface area contributed by atoms with E-state index < -0.39 is 26.4 Å². The number of carbonyl (C=O) groups is 1. The van der Waals surface area contributed by atoms with E-state index >= 15 is 0 Å². The van der Waals surface area contributed by atoms with Gasteiger partial charge in [-0.25, -0.2) is 8.42 Å². The van der Waals surface area contributed by atoms with Gasteiger partial charge in [-0.3, -0.25) is 19.6 Å². The maximum atomic E-state index is 12.4. The van der Waals surface area contributed by atoms with Crippen LogP contribution in [0.15, 0.2) is 47.4 Å². The summed E-state index contributed by atoms with van der Waals surface area (Å²) in [5.41, 5.74) is 0.225. The highest BCUT2D eigenvalue weighted by atomic mass is 32.2. The van der Waals surface area contributed by atoms with Crippen molar-refractivity contribution >= 4 is 33.0 Å².